The van der Waals surface area contributed by atoms with Gasteiger partial charge in [-0.25, -0.2) is 14.8 Å². The summed E-state index contributed by atoms with van der Waals surface area (Å²) in [6.45, 7) is 0.559. The third kappa shape index (κ3) is 5.64. The van der Waals surface area contributed by atoms with Crippen molar-refractivity contribution in [1.29, 1.82) is 0 Å². The fourth-order valence-electron chi connectivity index (χ4n) is 4.96. The third-order valence-corrected chi connectivity index (χ3v) is 6.83. The second-order valence-electron chi connectivity index (χ2n) is 9.42. The molecule has 3 heterocycles. The minimum atomic E-state index is -4.54. The van der Waals surface area contributed by atoms with Gasteiger partial charge in [0.05, 0.1) is 23.0 Å². The lowest BCUT2D eigenvalue weighted by Crippen LogP contribution is -2.39. The maximum Gasteiger partial charge on any atom is 0.416 e. The number of halogens is 4. The minimum absolute atomic E-state index is 0.112. The van der Waals surface area contributed by atoms with E-state index in [0.29, 0.717) is 35.7 Å². The first kappa shape index (κ1) is 26.4. The van der Waals surface area contributed by atoms with Gasteiger partial charge in [-0.3, -0.25) is 4.90 Å². The molecule has 10 heteroatoms. The molecule has 4 aromatic rings. The molecule has 2 aromatic carbocycles. The lowest BCUT2D eigenvalue weighted by atomic mass is 10.0. The molecule has 1 aliphatic rings. The highest BCUT2D eigenvalue weighted by Crippen LogP contribution is 2.40. The van der Waals surface area contributed by atoms with E-state index in [2.05, 4.69) is 4.98 Å². The Bertz CT molecular complexity index is 1470. The van der Waals surface area contributed by atoms with E-state index >= 15 is 0 Å². The predicted molar refractivity (Wildman–Crippen MR) is 137 cm³/mol. The highest BCUT2D eigenvalue weighted by Gasteiger charge is 2.35. The monoisotopic (exact) mass is 538 g/mol. The number of amides is 1. The number of benzene rings is 2. The van der Waals surface area contributed by atoms with Crippen molar-refractivity contribution in [2.45, 2.75) is 38.1 Å². The number of carbonyl (C=O) groups is 1. The van der Waals surface area contributed by atoms with Crippen LogP contribution in [-0.2, 0) is 24.6 Å². The Labute approximate surface area is 222 Å². The number of nitrogens with zero attached hydrogens (tertiary/aromatic N) is 4. The van der Waals surface area contributed by atoms with Crippen molar-refractivity contribution in [3.8, 4) is 22.5 Å². The minimum Gasteiger partial charge on any atom is -0.445 e. The maximum absolute atomic E-state index is 14.1. The summed E-state index contributed by atoms with van der Waals surface area (Å²) in [4.78, 5) is 23.2. The Hall–Kier alpha value is -4.21. The van der Waals surface area contributed by atoms with Crippen LogP contribution in [0, 0.1) is 5.95 Å². The molecule has 0 spiro atoms. The molecule has 2 aromatic heterocycles. The number of ether oxygens (including phenoxy) is 1. The summed E-state index contributed by atoms with van der Waals surface area (Å²) in [5, 5.41) is 0. The SMILES string of the molecule is Cn1c(C2CCCCN2C(=O)OCc2ccccc2)nc(-c2ccnc(F)c2)c1-c1cccc(C(F)(F)F)c1. The van der Waals surface area contributed by atoms with Gasteiger partial charge in [0.25, 0.3) is 0 Å². The molecule has 0 bridgehead atoms. The molecule has 39 heavy (non-hydrogen) atoms. The van der Waals surface area contributed by atoms with E-state index in [1.54, 1.807) is 28.6 Å². The van der Waals surface area contributed by atoms with Crippen molar-refractivity contribution in [1.82, 2.24) is 19.4 Å². The maximum atomic E-state index is 14.1. The van der Waals surface area contributed by atoms with Crippen molar-refractivity contribution < 1.29 is 27.1 Å². The summed E-state index contributed by atoms with van der Waals surface area (Å²) in [5.41, 5.74) is 1.36. The number of hydrogen-bond donors (Lipinski definition) is 0. The van der Waals surface area contributed by atoms with Crippen LogP contribution in [0.3, 0.4) is 0 Å². The van der Waals surface area contributed by atoms with E-state index < -0.39 is 29.8 Å². The number of pyridine rings is 1. The van der Waals surface area contributed by atoms with Crippen molar-refractivity contribution >= 4 is 6.09 Å². The van der Waals surface area contributed by atoms with Crippen LogP contribution in [0.5, 0.6) is 0 Å². The van der Waals surface area contributed by atoms with E-state index in [1.165, 1.54) is 18.3 Å². The molecule has 1 fully saturated rings. The third-order valence-electron chi connectivity index (χ3n) is 6.83. The van der Waals surface area contributed by atoms with Crippen LogP contribution < -0.4 is 0 Å². The Morgan fingerprint density at radius 2 is 1.82 bits per heavy atom. The van der Waals surface area contributed by atoms with Gasteiger partial charge in [0.2, 0.25) is 5.95 Å². The highest BCUT2D eigenvalue weighted by molar-refractivity contribution is 5.79. The predicted octanol–water partition coefficient (Wildman–Crippen LogP) is 7.17. The van der Waals surface area contributed by atoms with Crippen LogP contribution >= 0.6 is 0 Å². The summed E-state index contributed by atoms with van der Waals surface area (Å²) >= 11 is 0. The van der Waals surface area contributed by atoms with Crippen molar-refractivity contribution in [3.63, 3.8) is 0 Å². The summed E-state index contributed by atoms with van der Waals surface area (Å²) in [6.07, 6.45) is -1.55. The fourth-order valence-corrected chi connectivity index (χ4v) is 4.96. The van der Waals surface area contributed by atoms with Gasteiger partial charge in [-0.15, -0.1) is 0 Å². The number of alkyl halides is 3. The van der Waals surface area contributed by atoms with Crippen LogP contribution in [0.1, 0.15) is 42.3 Å². The van der Waals surface area contributed by atoms with E-state index in [0.717, 1.165) is 30.5 Å². The van der Waals surface area contributed by atoms with Gasteiger partial charge in [0.1, 0.15) is 12.4 Å². The zero-order chi connectivity index (χ0) is 27.6. The van der Waals surface area contributed by atoms with Crippen LogP contribution in [0.4, 0.5) is 22.4 Å². The average molecular weight is 539 g/mol. The van der Waals surface area contributed by atoms with Crippen LogP contribution in [0.25, 0.3) is 22.5 Å². The van der Waals surface area contributed by atoms with E-state index in [-0.39, 0.29) is 12.2 Å². The van der Waals surface area contributed by atoms with Crippen molar-refractivity contribution in [3.05, 3.63) is 95.8 Å². The standard InChI is InChI=1S/C29H26F4N4O2/c1-36-26(21-10-7-11-22(16-21)29(31,32)33)25(20-13-14-34-24(30)17-20)35-27(36)23-12-5-6-15-37(23)28(38)39-18-19-8-3-2-4-9-19/h2-4,7-11,13-14,16-17,23H,5-6,12,15,18H2,1H3. The Morgan fingerprint density at radius 1 is 1.03 bits per heavy atom. The quantitative estimate of drug-likeness (QED) is 0.200. The number of piperidine rings is 1. The topological polar surface area (TPSA) is 60.2 Å². The molecule has 6 nitrogen and oxygen atoms in total. The highest BCUT2D eigenvalue weighted by atomic mass is 19.4. The van der Waals surface area contributed by atoms with Crippen molar-refractivity contribution in [2.24, 2.45) is 7.05 Å². The van der Waals surface area contributed by atoms with Gasteiger partial charge in [0.15, 0.2) is 0 Å². The van der Waals surface area contributed by atoms with E-state index in [9.17, 15) is 22.4 Å². The van der Waals surface area contributed by atoms with Crippen LogP contribution in [0.15, 0.2) is 72.9 Å². The zero-order valence-corrected chi connectivity index (χ0v) is 21.2. The largest absolute Gasteiger partial charge is 0.445 e. The molecule has 1 amide bonds. The summed E-state index contributed by atoms with van der Waals surface area (Å²) in [6, 6.07) is 16.5. The molecular formula is C29H26F4N4O2. The Balaban J connectivity index is 1.56. The number of hydrogen-bond acceptors (Lipinski definition) is 4. The summed E-state index contributed by atoms with van der Waals surface area (Å²) in [5.74, 6) is -0.260. The van der Waals surface area contributed by atoms with Crippen LogP contribution in [0.2, 0.25) is 0 Å². The summed E-state index contributed by atoms with van der Waals surface area (Å²) < 4.78 is 62.1. The van der Waals surface area contributed by atoms with E-state index in [1.807, 2.05) is 30.3 Å². The molecule has 1 unspecified atom stereocenters. The number of aromatic nitrogens is 3. The van der Waals surface area contributed by atoms with Gasteiger partial charge >= 0.3 is 12.3 Å². The molecular weight excluding hydrogens is 512 g/mol. The molecule has 0 N–H and O–H groups in total. The number of imidazole rings is 1. The number of rotatable bonds is 5. The molecule has 0 aliphatic carbocycles. The number of likely N-dealkylation sites (tertiary alicyclic amines) is 1. The van der Waals surface area contributed by atoms with Gasteiger partial charge < -0.3 is 9.30 Å². The fraction of sp³-hybridized carbons (Fsp3) is 0.276. The van der Waals surface area contributed by atoms with Gasteiger partial charge in [-0.1, -0.05) is 42.5 Å². The van der Waals surface area contributed by atoms with E-state index in [4.69, 9.17) is 9.72 Å². The first-order valence-electron chi connectivity index (χ1n) is 12.6. The molecule has 5 rings (SSSR count). The molecule has 1 atom stereocenters. The normalized spacial score (nSPS) is 15.8. The first-order valence-corrected chi connectivity index (χ1v) is 12.6. The smallest absolute Gasteiger partial charge is 0.416 e. The Kier molecular flexibility index (Phi) is 7.36. The lowest BCUT2D eigenvalue weighted by Gasteiger charge is -2.34. The zero-order valence-electron chi connectivity index (χ0n) is 21.2. The second kappa shape index (κ2) is 10.9. The molecule has 202 valence electrons. The Morgan fingerprint density at radius 3 is 2.56 bits per heavy atom. The first-order chi connectivity index (χ1) is 18.7. The lowest BCUT2D eigenvalue weighted by molar-refractivity contribution is -0.137. The van der Waals surface area contributed by atoms with Gasteiger partial charge in [0, 0.05) is 37.0 Å². The van der Waals surface area contributed by atoms with Crippen LogP contribution in [-0.4, -0.2) is 32.1 Å². The second-order valence-corrected chi connectivity index (χ2v) is 9.42. The summed E-state index contributed by atoms with van der Waals surface area (Å²) in [7, 11) is 1.70. The van der Waals surface area contributed by atoms with Gasteiger partial charge in [-0.05, 0) is 43.0 Å². The molecule has 0 saturated carbocycles. The number of carbonyl (C=O) groups excluding carboxylic acids is 1. The molecule has 1 saturated heterocycles. The molecule has 0 radical (unpaired) electrons. The molecule has 1 aliphatic heterocycles. The van der Waals surface area contributed by atoms with Gasteiger partial charge in [-0.2, -0.15) is 17.6 Å². The van der Waals surface area contributed by atoms with Crippen molar-refractivity contribution in [2.75, 3.05) is 6.54 Å². The average Bonchev–Trinajstić information content (AvgIpc) is 3.28.